The van der Waals surface area contributed by atoms with Gasteiger partial charge in [-0.25, -0.2) is 0 Å². The van der Waals surface area contributed by atoms with Crippen LogP contribution in [0.4, 0.5) is 0 Å². The predicted octanol–water partition coefficient (Wildman–Crippen LogP) is 2.05. The van der Waals surface area contributed by atoms with Crippen molar-refractivity contribution in [2.24, 2.45) is 0 Å². The van der Waals surface area contributed by atoms with Gasteiger partial charge in [0.05, 0.1) is 0 Å². The number of carbonyl (C=O) groups excluding carboxylic acids is 1. The van der Waals surface area contributed by atoms with E-state index in [4.69, 9.17) is 4.74 Å². The van der Waals surface area contributed by atoms with E-state index in [1.807, 2.05) is 77.9 Å². The molecule has 2 aromatic carbocycles. The second-order valence-electron chi connectivity index (χ2n) is 6.91. The van der Waals surface area contributed by atoms with E-state index in [1.54, 1.807) is 0 Å². The SMILES string of the molecule is Cc1cc(OC(C)(C)C)ccc1PC(=O)c1c(C)cccc1C.[H-].[Li+]. The first kappa shape index (κ1) is 21.0. The molecule has 0 aliphatic carbocycles. The second-order valence-corrected chi connectivity index (χ2v) is 8.15. The van der Waals surface area contributed by atoms with Gasteiger partial charge >= 0.3 is 18.9 Å². The molecule has 0 N–H and O–H groups in total. The molecule has 0 heterocycles. The summed E-state index contributed by atoms with van der Waals surface area (Å²) < 4.78 is 5.88. The van der Waals surface area contributed by atoms with E-state index in [9.17, 15) is 4.79 Å². The van der Waals surface area contributed by atoms with Gasteiger partial charge in [-0.2, -0.15) is 0 Å². The van der Waals surface area contributed by atoms with Gasteiger partial charge in [-0.1, -0.05) is 24.3 Å². The van der Waals surface area contributed by atoms with Crippen LogP contribution >= 0.6 is 8.58 Å². The largest absolute Gasteiger partial charge is 1.00 e. The van der Waals surface area contributed by atoms with Gasteiger partial charge in [-0.15, -0.1) is 0 Å². The van der Waals surface area contributed by atoms with Crippen LogP contribution in [0.15, 0.2) is 36.4 Å². The van der Waals surface area contributed by atoms with Gasteiger partial charge in [0.2, 0.25) is 0 Å². The van der Waals surface area contributed by atoms with E-state index < -0.39 is 0 Å². The number of aryl methyl sites for hydroxylation is 3. The van der Waals surface area contributed by atoms with Crippen LogP contribution in [0.1, 0.15) is 49.2 Å². The van der Waals surface area contributed by atoms with Crippen molar-refractivity contribution in [3.63, 3.8) is 0 Å². The third-order valence-corrected chi connectivity index (χ3v) is 4.89. The molecule has 1 atom stereocenters. The van der Waals surface area contributed by atoms with Crippen LogP contribution in [-0.4, -0.2) is 11.1 Å². The molecule has 0 fully saturated rings. The maximum atomic E-state index is 12.7. The number of rotatable bonds is 4. The van der Waals surface area contributed by atoms with Crippen LogP contribution in [0.25, 0.3) is 0 Å². The van der Waals surface area contributed by atoms with Crippen molar-refractivity contribution in [1.29, 1.82) is 0 Å². The fourth-order valence-corrected chi connectivity index (χ4v) is 3.75. The Hall–Kier alpha value is -1.06. The summed E-state index contributed by atoms with van der Waals surface area (Å²) in [6.07, 6.45) is 0. The summed E-state index contributed by atoms with van der Waals surface area (Å²) in [6.45, 7) is 12.1. The monoisotopic (exact) mass is 336 g/mol. The van der Waals surface area contributed by atoms with Crippen molar-refractivity contribution in [2.75, 3.05) is 0 Å². The summed E-state index contributed by atoms with van der Waals surface area (Å²) in [5, 5.41) is 1.08. The Kier molecular flexibility index (Phi) is 7.30. The van der Waals surface area contributed by atoms with Gasteiger partial charge in [0.1, 0.15) is 11.4 Å². The van der Waals surface area contributed by atoms with Crippen LogP contribution in [0, 0.1) is 20.8 Å². The smallest absolute Gasteiger partial charge is 1.00 e. The summed E-state index contributed by atoms with van der Waals surface area (Å²) >= 11 is 0. The zero-order valence-electron chi connectivity index (χ0n) is 16.8. The van der Waals surface area contributed by atoms with Gasteiger partial charge in [-0.3, -0.25) is 4.79 Å². The molecule has 24 heavy (non-hydrogen) atoms. The van der Waals surface area contributed by atoms with Crippen molar-refractivity contribution in [3.05, 3.63) is 58.7 Å². The molecular formula is C20H26LiO2P. The summed E-state index contributed by atoms with van der Waals surface area (Å²) in [5.41, 5.74) is 4.04. The van der Waals surface area contributed by atoms with E-state index in [-0.39, 0.29) is 40.0 Å². The topological polar surface area (TPSA) is 26.3 Å². The van der Waals surface area contributed by atoms with Crippen molar-refractivity contribution >= 4 is 19.4 Å². The van der Waals surface area contributed by atoms with Crippen LogP contribution < -0.4 is 28.9 Å². The quantitative estimate of drug-likeness (QED) is 0.631. The first-order chi connectivity index (χ1) is 10.7. The molecule has 0 aromatic heterocycles. The molecule has 0 spiro atoms. The number of ether oxygens (including phenoxy) is 1. The maximum Gasteiger partial charge on any atom is 1.00 e. The van der Waals surface area contributed by atoms with E-state index >= 15 is 0 Å². The Labute approximate surface area is 160 Å². The molecule has 0 bridgehead atoms. The van der Waals surface area contributed by atoms with E-state index in [0.29, 0.717) is 0 Å². The fraction of sp³-hybridized carbons (Fsp3) is 0.350. The molecule has 1 unspecified atom stereocenters. The molecule has 2 rings (SSSR count). The summed E-state index contributed by atoms with van der Waals surface area (Å²) in [7, 11) is 0.137. The van der Waals surface area contributed by atoms with Gasteiger partial charge in [-0.05, 0) is 84.3 Å². The van der Waals surface area contributed by atoms with Crippen LogP contribution in [-0.2, 0) is 0 Å². The number of benzene rings is 2. The van der Waals surface area contributed by atoms with E-state index in [0.717, 1.165) is 33.3 Å². The number of hydrogen-bond acceptors (Lipinski definition) is 2. The van der Waals surface area contributed by atoms with Crippen molar-refractivity contribution in [1.82, 2.24) is 0 Å². The van der Waals surface area contributed by atoms with Crippen LogP contribution in [0.2, 0.25) is 0 Å². The Morgan fingerprint density at radius 3 is 2.08 bits per heavy atom. The minimum atomic E-state index is -0.218. The van der Waals surface area contributed by atoms with Crippen molar-refractivity contribution in [2.45, 2.75) is 47.1 Å². The fourth-order valence-electron chi connectivity index (χ4n) is 2.55. The molecule has 2 aromatic rings. The third-order valence-electron chi connectivity index (χ3n) is 3.58. The van der Waals surface area contributed by atoms with Crippen molar-refractivity contribution < 1.29 is 29.8 Å². The number of carbonyl (C=O) groups is 1. The maximum absolute atomic E-state index is 12.7. The molecule has 2 nitrogen and oxygen atoms in total. The minimum Gasteiger partial charge on any atom is -1.00 e. The van der Waals surface area contributed by atoms with Gasteiger partial charge in [0, 0.05) is 5.56 Å². The summed E-state index contributed by atoms with van der Waals surface area (Å²) in [4.78, 5) is 12.7. The molecule has 4 heteroatoms. The Balaban J connectivity index is 0.00000288. The average Bonchev–Trinajstić information content (AvgIpc) is 2.40. The number of hydrogen-bond donors (Lipinski definition) is 0. The molecule has 0 aliphatic heterocycles. The van der Waals surface area contributed by atoms with Gasteiger partial charge in [0.25, 0.3) is 0 Å². The molecule has 0 saturated heterocycles. The van der Waals surface area contributed by atoms with Crippen LogP contribution in [0.5, 0.6) is 5.75 Å². The first-order valence-corrected chi connectivity index (χ1v) is 8.84. The van der Waals surface area contributed by atoms with Crippen molar-refractivity contribution in [3.8, 4) is 5.75 Å². The zero-order chi connectivity index (χ0) is 17.2. The Morgan fingerprint density at radius 2 is 1.58 bits per heavy atom. The average molecular weight is 336 g/mol. The van der Waals surface area contributed by atoms with Crippen LogP contribution in [0.3, 0.4) is 0 Å². The molecule has 0 amide bonds. The zero-order valence-corrected chi connectivity index (χ0v) is 16.8. The molecule has 0 aliphatic rings. The Bertz CT molecular complexity index is 719. The van der Waals surface area contributed by atoms with E-state index in [1.165, 1.54) is 0 Å². The second kappa shape index (κ2) is 8.35. The normalized spacial score (nSPS) is 11.4. The van der Waals surface area contributed by atoms with Gasteiger partial charge < -0.3 is 6.16 Å². The molecule has 0 radical (unpaired) electrons. The standard InChI is InChI=1S/C20H25O2P.Li.H/c1-13-8-7-9-14(2)18(13)19(21)23-17-11-10-16(12-15(17)3)22-20(4,5)6;;/h7-12,23H,1-6H3;;/q;+1;-1. The first-order valence-electron chi connectivity index (χ1n) is 7.84. The van der Waals surface area contributed by atoms with Gasteiger partial charge in [0.15, 0.2) is 5.52 Å². The summed E-state index contributed by atoms with van der Waals surface area (Å²) in [6, 6.07) is 12.0. The molecular weight excluding hydrogens is 310 g/mol. The predicted molar refractivity (Wildman–Crippen MR) is 101 cm³/mol. The Morgan fingerprint density at radius 1 is 1.00 bits per heavy atom. The minimum absolute atomic E-state index is 0. The molecule has 124 valence electrons. The summed E-state index contributed by atoms with van der Waals surface area (Å²) in [5.74, 6) is 0.850. The molecule has 0 saturated carbocycles. The van der Waals surface area contributed by atoms with E-state index in [2.05, 4.69) is 0 Å². The third kappa shape index (κ3) is 5.49.